The SMILES string of the molecule is C[C@@H](c1ccc(F)cc1F)N(S)C(=O)CN1Cc2c(ccc(C#N)c2F)NC1=O. The Hall–Kier alpha value is -3.19. The number of fused-ring (bicyclic) bond motifs is 1. The molecule has 1 aliphatic heterocycles. The first-order valence-electron chi connectivity index (χ1n) is 8.46. The summed E-state index contributed by atoms with van der Waals surface area (Å²) in [4.78, 5) is 25.8. The fraction of sp³-hybridized carbons (Fsp3) is 0.211. The first-order chi connectivity index (χ1) is 13.7. The molecule has 1 aliphatic rings. The number of thiol groups is 1. The number of amides is 3. The number of nitrogens with zero attached hydrogens (tertiary/aromatic N) is 3. The zero-order valence-electron chi connectivity index (χ0n) is 15.1. The number of carbonyl (C=O) groups is 2. The van der Waals surface area contributed by atoms with Gasteiger partial charge in [-0.2, -0.15) is 5.26 Å². The van der Waals surface area contributed by atoms with Crippen molar-refractivity contribution in [1.82, 2.24) is 9.21 Å². The van der Waals surface area contributed by atoms with Crippen molar-refractivity contribution in [3.8, 4) is 6.07 Å². The number of halogens is 3. The normalized spacial score (nSPS) is 13.9. The van der Waals surface area contributed by atoms with E-state index in [0.29, 0.717) is 6.07 Å². The fourth-order valence-electron chi connectivity index (χ4n) is 2.99. The van der Waals surface area contributed by atoms with Crippen molar-refractivity contribution in [3.05, 3.63) is 64.5 Å². The second-order valence-corrected chi connectivity index (χ2v) is 6.86. The Morgan fingerprint density at radius 3 is 2.72 bits per heavy atom. The maximum atomic E-state index is 14.4. The van der Waals surface area contributed by atoms with Crippen LogP contribution in [-0.2, 0) is 11.3 Å². The minimum Gasteiger partial charge on any atom is -0.311 e. The molecule has 0 saturated carbocycles. The molecule has 0 fully saturated rings. The van der Waals surface area contributed by atoms with E-state index in [9.17, 15) is 22.8 Å². The van der Waals surface area contributed by atoms with Gasteiger partial charge in [-0.25, -0.2) is 18.0 Å². The molecule has 2 aromatic carbocycles. The van der Waals surface area contributed by atoms with Crippen LogP contribution in [0.1, 0.15) is 29.7 Å². The van der Waals surface area contributed by atoms with Gasteiger partial charge >= 0.3 is 6.03 Å². The Labute approximate surface area is 170 Å². The number of benzene rings is 2. The van der Waals surface area contributed by atoms with Gasteiger partial charge in [0.2, 0.25) is 0 Å². The van der Waals surface area contributed by atoms with E-state index < -0.39 is 42.0 Å². The van der Waals surface area contributed by atoms with Crippen molar-refractivity contribution >= 4 is 30.4 Å². The third-order valence-electron chi connectivity index (χ3n) is 4.60. The van der Waals surface area contributed by atoms with E-state index in [2.05, 4.69) is 18.1 Å². The summed E-state index contributed by atoms with van der Waals surface area (Å²) in [5.41, 5.74) is 0.176. The van der Waals surface area contributed by atoms with Gasteiger partial charge in [-0.05, 0) is 25.1 Å². The van der Waals surface area contributed by atoms with E-state index in [0.717, 1.165) is 15.3 Å². The summed E-state index contributed by atoms with van der Waals surface area (Å²) in [5, 5.41) is 11.4. The average Bonchev–Trinajstić information content (AvgIpc) is 2.68. The molecule has 0 aliphatic carbocycles. The Bertz CT molecular complexity index is 1040. The lowest BCUT2D eigenvalue weighted by Gasteiger charge is -2.31. The van der Waals surface area contributed by atoms with E-state index in [4.69, 9.17) is 5.26 Å². The van der Waals surface area contributed by atoms with Crippen LogP contribution in [0.15, 0.2) is 30.3 Å². The Morgan fingerprint density at radius 2 is 2.07 bits per heavy atom. The summed E-state index contributed by atoms with van der Waals surface area (Å²) in [5.74, 6) is -3.01. The van der Waals surface area contributed by atoms with Crippen LogP contribution in [0.2, 0.25) is 0 Å². The van der Waals surface area contributed by atoms with Crippen LogP contribution in [0.4, 0.5) is 23.7 Å². The summed E-state index contributed by atoms with van der Waals surface area (Å²) >= 11 is 4.09. The van der Waals surface area contributed by atoms with Gasteiger partial charge in [0.05, 0.1) is 23.8 Å². The topological polar surface area (TPSA) is 76.4 Å². The lowest BCUT2D eigenvalue weighted by molar-refractivity contribution is -0.128. The highest BCUT2D eigenvalue weighted by atomic mass is 32.1. The first kappa shape index (κ1) is 20.5. The van der Waals surface area contributed by atoms with E-state index in [-0.39, 0.29) is 28.9 Å². The second-order valence-electron chi connectivity index (χ2n) is 6.43. The number of hydrogen-bond acceptors (Lipinski definition) is 4. The molecule has 3 rings (SSSR count). The molecule has 1 atom stereocenters. The number of urea groups is 1. The lowest BCUT2D eigenvalue weighted by atomic mass is 10.1. The standard InChI is InChI=1S/C19H15F3N4O2S/c1-10(13-4-3-12(20)6-15(13)21)26(29)17(27)9-25-8-14-16(24-19(25)28)5-2-11(7-23)18(14)22/h2-6,10,29H,8-9H2,1H3,(H,24,28)/t10-/m0/s1. The van der Waals surface area contributed by atoms with E-state index in [1.165, 1.54) is 25.1 Å². The van der Waals surface area contributed by atoms with E-state index in [1.807, 2.05) is 0 Å². The molecule has 0 saturated heterocycles. The van der Waals surface area contributed by atoms with Crippen LogP contribution in [0, 0.1) is 28.8 Å². The number of anilines is 1. The van der Waals surface area contributed by atoms with Crippen LogP contribution < -0.4 is 5.32 Å². The molecule has 2 aromatic rings. The summed E-state index contributed by atoms with van der Waals surface area (Å²) < 4.78 is 42.4. The molecule has 0 radical (unpaired) electrons. The van der Waals surface area contributed by atoms with Crippen molar-refractivity contribution in [2.45, 2.75) is 19.5 Å². The van der Waals surface area contributed by atoms with E-state index >= 15 is 0 Å². The van der Waals surface area contributed by atoms with Gasteiger partial charge in [0, 0.05) is 17.2 Å². The summed E-state index contributed by atoms with van der Waals surface area (Å²) in [6.07, 6.45) is 0. The maximum Gasteiger partial charge on any atom is 0.322 e. The largest absolute Gasteiger partial charge is 0.322 e. The number of carbonyl (C=O) groups excluding carboxylic acids is 2. The molecule has 0 unspecified atom stereocenters. The molecule has 6 nitrogen and oxygen atoms in total. The van der Waals surface area contributed by atoms with Crippen molar-refractivity contribution in [2.75, 3.05) is 11.9 Å². The summed E-state index contributed by atoms with van der Waals surface area (Å²) in [7, 11) is 0. The second kappa shape index (κ2) is 8.05. The van der Waals surface area contributed by atoms with Crippen molar-refractivity contribution in [3.63, 3.8) is 0 Å². The molecule has 29 heavy (non-hydrogen) atoms. The molecule has 10 heteroatoms. The van der Waals surface area contributed by atoms with Gasteiger partial charge < -0.3 is 10.2 Å². The van der Waals surface area contributed by atoms with Crippen LogP contribution in [0.5, 0.6) is 0 Å². The Morgan fingerprint density at radius 1 is 1.34 bits per heavy atom. The zero-order chi connectivity index (χ0) is 21.3. The Kier molecular flexibility index (Phi) is 5.70. The molecule has 0 bridgehead atoms. The molecular weight excluding hydrogens is 405 g/mol. The summed E-state index contributed by atoms with van der Waals surface area (Å²) in [6.45, 7) is 0.805. The summed E-state index contributed by atoms with van der Waals surface area (Å²) in [6, 6.07) is 5.87. The van der Waals surface area contributed by atoms with E-state index in [1.54, 1.807) is 6.07 Å². The van der Waals surface area contributed by atoms with Gasteiger partial charge in [0.25, 0.3) is 5.91 Å². The molecule has 150 valence electrons. The lowest BCUT2D eigenvalue weighted by Crippen LogP contribution is -2.45. The average molecular weight is 420 g/mol. The molecule has 0 spiro atoms. The first-order valence-corrected chi connectivity index (χ1v) is 8.86. The highest BCUT2D eigenvalue weighted by Gasteiger charge is 2.30. The van der Waals surface area contributed by atoms with Crippen LogP contribution in [0.25, 0.3) is 0 Å². The quantitative estimate of drug-likeness (QED) is 0.740. The molecule has 3 amide bonds. The number of nitriles is 1. The predicted octanol–water partition coefficient (Wildman–Crippen LogP) is 3.76. The van der Waals surface area contributed by atoms with Crippen LogP contribution >= 0.6 is 12.8 Å². The monoisotopic (exact) mass is 420 g/mol. The predicted molar refractivity (Wildman–Crippen MR) is 101 cm³/mol. The number of nitrogens with one attached hydrogen (secondary N) is 1. The van der Waals surface area contributed by atoms with Crippen LogP contribution in [0.3, 0.4) is 0 Å². The third kappa shape index (κ3) is 4.00. The fourth-order valence-corrected chi connectivity index (χ4v) is 3.18. The zero-order valence-corrected chi connectivity index (χ0v) is 16.0. The third-order valence-corrected chi connectivity index (χ3v) is 5.17. The highest BCUT2D eigenvalue weighted by Crippen LogP contribution is 2.29. The van der Waals surface area contributed by atoms with Gasteiger partial charge in [-0.1, -0.05) is 18.9 Å². The Balaban J connectivity index is 1.76. The van der Waals surface area contributed by atoms with Gasteiger partial charge in [-0.3, -0.25) is 9.10 Å². The van der Waals surface area contributed by atoms with Gasteiger partial charge in [0.1, 0.15) is 30.1 Å². The highest BCUT2D eigenvalue weighted by molar-refractivity contribution is 7.78. The molecule has 1 heterocycles. The van der Waals surface area contributed by atoms with Gasteiger partial charge in [0.15, 0.2) is 0 Å². The molecule has 1 N–H and O–H groups in total. The van der Waals surface area contributed by atoms with Crippen molar-refractivity contribution in [1.29, 1.82) is 5.26 Å². The van der Waals surface area contributed by atoms with Gasteiger partial charge in [-0.15, -0.1) is 0 Å². The molecule has 0 aromatic heterocycles. The maximum absolute atomic E-state index is 14.4. The number of hydrogen-bond donors (Lipinski definition) is 2. The smallest absolute Gasteiger partial charge is 0.311 e. The van der Waals surface area contributed by atoms with Crippen molar-refractivity contribution in [2.24, 2.45) is 0 Å². The minimum atomic E-state index is -0.853. The van der Waals surface area contributed by atoms with Crippen molar-refractivity contribution < 1.29 is 22.8 Å². The minimum absolute atomic E-state index is 0.0490. The molecular formula is C19H15F3N4O2S. The van der Waals surface area contributed by atoms with Crippen LogP contribution in [-0.4, -0.2) is 27.7 Å². The number of rotatable bonds is 4.